The second kappa shape index (κ2) is 9.92. The number of aromatic nitrogens is 3. The smallest absolute Gasteiger partial charge is 0.296 e. The second-order valence-corrected chi connectivity index (χ2v) is 8.49. The van der Waals surface area contributed by atoms with Crippen molar-refractivity contribution in [2.75, 3.05) is 36.4 Å². The van der Waals surface area contributed by atoms with E-state index in [1.807, 2.05) is 17.0 Å². The molecular formula is C21H21ClN6O3S. The summed E-state index contributed by atoms with van der Waals surface area (Å²) in [6, 6.07) is 10.7. The molecule has 0 aliphatic carbocycles. The lowest BCUT2D eigenvalue weighted by Crippen LogP contribution is -2.48. The molecule has 1 aliphatic rings. The molecule has 0 unspecified atom stereocenters. The molecule has 1 aromatic carbocycles. The number of amides is 2. The Labute approximate surface area is 194 Å². The van der Waals surface area contributed by atoms with Gasteiger partial charge in [0.25, 0.3) is 11.1 Å². The number of benzene rings is 1. The number of nitrogens with zero attached hydrogens (tertiary/aromatic N) is 5. The average molecular weight is 473 g/mol. The van der Waals surface area contributed by atoms with Gasteiger partial charge in [-0.1, -0.05) is 28.8 Å². The molecule has 1 aliphatic heterocycles. The summed E-state index contributed by atoms with van der Waals surface area (Å²) in [6.45, 7) is 4.29. The Hall–Kier alpha value is -3.24. The number of halogens is 1. The standard InChI is InChI=1S/C21H21ClN6O3S/c1-14(29)27-9-11-28(12-10-27)18-17(3-2-8-23-18)19(30)24-20-25-26-21(32-20)31-13-15-4-6-16(22)7-5-15/h2-8H,9-13H2,1H3,(H,24,25,30). The maximum atomic E-state index is 12.9. The zero-order valence-corrected chi connectivity index (χ0v) is 18.9. The van der Waals surface area contributed by atoms with Crippen LogP contribution in [0.2, 0.25) is 5.02 Å². The predicted molar refractivity (Wildman–Crippen MR) is 122 cm³/mol. The highest BCUT2D eigenvalue weighted by molar-refractivity contribution is 7.17. The highest BCUT2D eigenvalue weighted by Crippen LogP contribution is 2.25. The Kier molecular flexibility index (Phi) is 6.81. The van der Waals surface area contributed by atoms with Crippen LogP contribution in [0.5, 0.6) is 5.19 Å². The fourth-order valence-electron chi connectivity index (χ4n) is 3.27. The summed E-state index contributed by atoms with van der Waals surface area (Å²) in [5.41, 5.74) is 1.38. The largest absolute Gasteiger partial charge is 0.464 e. The van der Waals surface area contributed by atoms with Gasteiger partial charge in [0, 0.05) is 44.3 Å². The van der Waals surface area contributed by atoms with E-state index in [4.69, 9.17) is 16.3 Å². The zero-order chi connectivity index (χ0) is 22.5. The lowest BCUT2D eigenvalue weighted by atomic mass is 10.2. The number of pyridine rings is 1. The fourth-order valence-corrected chi connectivity index (χ4v) is 3.98. The molecule has 0 bridgehead atoms. The van der Waals surface area contributed by atoms with Crippen LogP contribution in [-0.2, 0) is 11.4 Å². The summed E-state index contributed by atoms with van der Waals surface area (Å²) in [5.74, 6) is 0.299. The molecule has 0 radical (unpaired) electrons. The molecule has 1 N–H and O–H groups in total. The third-order valence-electron chi connectivity index (χ3n) is 4.96. The molecule has 4 rings (SSSR count). The Bertz CT molecular complexity index is 1100. The SMILES string of the molecule is CC(=O)N1CCN(c2ncccc2C(=O)Nc2nnc(OCc3ccc(Cl)cc3)s2)CC1. The number of anilines is 2. The fraction of sp³-hybridized carbons (Fsp3) is 0.286. The molecule has 1 fully saturated rings. The summed E-state index contributed by atoms with van der Waals surface area (Å²) in [6.07, 6.45) is 1.65. The highest BCUT2D eigenvalue weighted by Gasteiger charge is 2.24. The molecule has 166 valence electrons. The number of ether oxygens (including phenoxy) is 1. The molecular weight excluding hydrogens is 452 g/mol. The van der Waals surface area contributed by atoms with Crippen molar-refractivity contribution >= 4 is 45.7 Å². The predicted octanol–water partition coefficient (Wildman–Crippen LogP) is 3.09. The van der Waals surface area contributed by atoms with Crippen molar-refractivity contribution in [2.45, 2.75) is 13.5 Å². The van der Waals surface area contributed by atoms with Crippen molar-refractivity contribution in [3.63, 3.8) is 0 Å². The molecule has 0 saturated carbocycles. The highest BCUT2D eigenvalue weighted by atomic mass is 35.5. The first-order chi connectivity index (χ1) is 15.5. The first-order valence-electron chi connectivity index (χ1n) is 9.97. The lowest BCUT2D eigenvalue weighted by molar-refractivity contribution is -0.129. The first-order valence-corrected chi connectivity index (χ1v) is 11.2. The normalized spacial score (nSPS) is 13.7. The number of carbonyl (C=O) groups is 2. The number of hydrogen-bond donors (Lipinski definition) is 1. The molecule has 0 spiro atoms. The Morgan fingerprint density at radius 2 is 1.88 bits per heavy atom. The van der Waals surface area contributed by atoms with E-state index in [0.717, 1.165) is 16.9 Å². The van der Waals surface area contributed by atoms with Crippen LogP contribution in [0.25, 0.3) is 0 Å². The van der Waals surface area contributed by atoms with Crippen molar-refractivity contribution in [3.8, 4) is 5.19 Å². The van der Waals surface area contributed by atoms with E-state index >= 15 is 0 Å². The van der Waals surface area contributed by atoms with Crippen molar-refractivity contribution < 1.29 is 14.3 Å². The minimum Gasteiger partial charge on any atom is -0.464 e. The molecule has 3 aromatic rings. The summed E-state index contributed by atoms with van der Waals surface area (Å²) in [5, 5.41) is 12.1. The van der Waals surface area contributed by atoms with E-state index in [1.165, 1.54) is 0 Å². The molecule has 0 atom stereocenters. The number of nitrogens with one attached hydrogen (secondary N) is 1. The second-order valence-electron chi connectivity index (χ2n) is 7.11. The molecule has 2 aromatic heterocycles. The van der Waals surface area contributed by atoms with Crippen LogP contribution in [0, 0.1) is 0 Å². The Balaban J connectivity index is 1.38. The maximum Gasteiger partial charge on any atom is 0.296 e. The monoisotopic (exact) mass is 472 g/mol. The van der Waals surface area contributed by atoms with E-state index in [2.05, 4.69) is 20.5 Å². The van der Waals surface area contributed by atoms with E-state index < -0.39 is 0 Å². The maximum absolute atomic E-state index is 12.9. The molecule has 1 saturated heterocycles. The van der Waals surface area contributed by atoms with Gasteiger partial charge in [-0.15, -0.1) is 5.10 Å². The number of rotatable bonds is 6. The van der Waals surface area contributed by atoms with Gasteiger partial charge >= 0.3 is 0 Å². The van der Waals surface area contributed by atoms with Crippen molar-refractivity contribution in [3.05, 3.63) is 58.7 Å². The number of piperazine rings is 1. The van der Waals surface area contributed by atoms with Gasteiger partial charge in [-0.25, -0.2) is 4.98 Å². The van der Waals surface area contributed by atoms with Gasteiger partial charge in [0.15, 0.2) is 0 Å². The van der Waals surface area contributed by atoms with Crippen LogP contribution in [0.3, 0.4) is 0 Å². The van der Waals surface area contributed by atoms with E-state index in [9.17, 15) is 9.59 Å². The number of carbonyl (C=O) groups excluding carboxylic acids is 2. The van der Waals surface area contributed by atoms with Crippen LogP contribution >= 0.6 is 22.9 Å². The van der Waals surface area contributed by atoms with Crippen LogP contribution in [-0.4, -0.2) is 58.1 Å². The molecule has 3 heterocycles. The van der Waals surface area contributed by atoms with Crippen molar-refractivity contribution in [2.24, 2.45) is 0 Å². The Morgan fingerprint density at radius 3 is 2.59 bits per heavy atom. The van der Waals surface area contributed by atoms with Crippen LogP contribution in [0.4, 0.5) is 10.9 Å². The van der Waals surface area contributed by atoms with Gasteiger partial charge in [-0.2, -0.15) is 0 Å². The zero-order valence-electron chi connectivity index (χ0n) is 17.3. The van der Waals surface area contributed by atoms with Gasteiger partial charge in [0.1, 0.15) is 12.4 Å². The van der Waals surface area contributed by atoms with Gasteiger partial charge in [0.05, 0.1) is 5.56 Å². The van der Waals surface area contributed by atoms with Crippen LogP contribution in [0.1, 0.15) is 22.8 Å². The summed E-state index contributed by atoms with van der Waals surface area (Å²) in [4.78, 5) is 32.7. The van der Waals surface area contributed by atoms with Gasteiger partial charge in [-0.3, -0.25) is 14.9 Å². The summed E-state index contributed by atoms with van der Waals surface area (Å²) >= 11 is 7.03. The molecule has 11 heteroatoms. The topological polar surface area (TPSA) is 101 Å². The minimum atomic E-state index is -0.331. The van der Waals surface area contributed by atoms with E-state index in [1.54, 1.807) is 42.3 Å². The van der Waals surface area contributed by atoms with Gasteiger partial charge in [0.2, 0.25) is 11.0 Å². The van der Waals surface area contributed by atoms with Crippen molar-refractivity contribution in [1.82, 2.24) is 20.1 Å². The molecule has 2 amide bonds. The minimum absolute atomic E-state index is 0.0500. The van der Waals surface area contributed by atoms with Crippen LogP contribution in [0.15, 0.2) is 42.6 Å². The van der Waals surface area contributed by atoms with Gasteiger partial charge < -0.3 is 14.5 Å². The van der Waals surface area contributed by atoms with Gasteiger partial charge in [-0.05, 0) is 41.2 Å². The third-order valence-corrected chi connectivity index (χ3v) is 5.96. The van der Waals surface area contributed by atoms with Crippen molar-refractivity contribution in [1.29, 1.82) is 0 Å². The lowest BCUT2D eigenvalue weighted by Gasteiger charge is -2.35. The summed E-state index contributed by atoms with van der Waals surface area (Å²) in [7, 11) is 0. The third kappa shape index (κ3) is 5.32. The molecule has 32 heavy (non-hydrogen) atoms. The van der Waals surface area contributed by atoms with Crippen LogP contribution < -0.4 is 15.0 Å². The quantitative estimate of drug-likeness (QED) is 0.588. The average Bonchev–Trinajstić information content (AvgIpc) is 3.26. The van der Waals surface area contributed by atoms with E-state index in [0.29, 0.717) is 59.5 Å². The molecule has 9 nitrogen and oxygen atoms in total. The number of hydrogen-bond acceptors (Lipinski definition) is 8. The first kappa shape index (κ1) is 22.0. The Morgan fingerprint density at radius 1 is 1.12 bits per heavy atom. The van der Waals surface area contributed by atoms with E-state index in [-0.39, 0.29) is 11.8 Å². The summed E-state index contributed by atoms with van der Waals surface area (Å²) < 4.78 is 5.65.